The van der Waals surface area contributed by atoms with Crippen molar-refractivity contribution in [3.05, 3.63) is 62.8 Å². The summed E-state index contributed by atoms with van der Waals surface area (Å²) < 4.78 is 19.9. The van der Waals surface area contributed by atoms with Crippen molar-refractivity contribution in [2.24, 2.45) is 5.84 Å². The van der Waals surface area contributed by atoms with Gasteiger partial charge in [-0.15, -0.1) is 0 Å². The van der Waals surface area contributed by atoms with Crippen LogP contribution in [-0.2, 0) is 6.42 Å². The van der Waals surface area contributed by atoms with Gasteiger partial charge in [-0.1, -0.05) is 27.5 Å². The summed E-state index contributed by atoms with van der Waals surface area (Å²) in [6.45, 7) is 0. The first kappa shape index (κ1) is 16.2. The van der Waals surface area contributed by atoms with Crippen molar-refractivity contribution in [1.29, 1.82) is 0 Å². The quantitative estimate of drug-likeness (QED) is 0.615. The number of ether oxygens (including phenoxy) is 1. The number of rotatable bonds is 5. The molecule has 0 fully saturated rings. The van der Waals surface area contributed by atoms with E-state index in [1.165, 1.54) is 12.1 Å². The van der Waals surface area contributed by atoms with Gasteiger partial charge < -0.3 is 4.74 Å². The molecule has 0 aliphatic carbocycles. The molecule has 2 aromatic rings. The molecule has 0 saturated carbocycles. The van der Waals surface area contributed by atoms with Crippen molar-refractivity contribution < 1.29 is 9.13 Å². The van der Waals surface area contributed by atoms with Crippen molar-refractivity contribution in [3.63, 3.8) is 0 Å². The first-order valence-electron chi connectivity index (χ1n) is 6.28. The van der Waals surface area contributed by atoms with Gasteiger partial charge >= 0.3 is 0 Å². The Labute approximate surface area is 136 Å². The maximum atomic E-state index is 13.9. The number of hydrogen-bond acceptors (Lipinski definition) is 3. The minimum absolute atomic E-state index is 0.276. The second-order valence-electron chi connectivity index (χ2n) is 4.55. The van der Waals surface area contributed by atoms with E-state index in [0.717, 1.165) is 10.0 Å². The second-order valence-corrected chi connectivity index (χ2v) is 5.84. The lowest BCUT2D eigenvalue weighted by atomic mass is 9.99. The average molecular weight is 374 g/mol. The Morgan fingerprint density at radius 1 is 1.33 bits per heavy atom. The minimum Gasteiger partial charge on any atom is -0.497 e. The van der Waals surface area contributed by atoms with Crippen molar-refractivity contribution in [2.45, 2.75) is 12.5 Å². The molecule has 0 amide bonds. The SMILES string of the molecule is COc1ccc(Br)c(C(Cc2cc(Cl)ccc2F)NN)c1. The molecule has 2 rings (SSSR count). The zero-order chi connectivity index (χ0) is 15.4. The zero-order valence-electron chi connectivity index (χ0n) is 11.4. The third-order valence-corrected chi connectivity index (χ3v) is 4.17. The number of methoxy groups -OCH3 is 1. The van der Waals surface area contributed by atoms with E-state index in [0.29, 0.717) is 22.8 Å². The van der Waals surface area contributed by atoms with Crippen LogP contribution in [0.25, 0.3) is 0 Å². The summed E-state index contributed by atoms with van der Waals surface area (Å²) in [7, 11) is 1.59. The molecule has 0 aliphatic heterocycles. The van der Waals surface area contributed by atoms with Crippen LogP contribution in [0.2, 0.25) is 5.02 Å². The third-order valence-electron chi connectivity index (χ3n) is 3.21. The van der Waals surface area contributed by atoms with Crippen LogP contribution in [0.4, 0.5) is 4.39 Å². The molecule has 0 radical (unpaired) electrons. The topological polar surface area (TPSA) is 47.3 Å². The molecule has 1 unspecified atom stereocenters. The summed E-state index contributed by atoms with van der Waals surface area (Å²) in [5.74, 6) is 6.04. The van der Waals surface area contributed by atoms with Crippen LogP contribution >= 0.6 is 27.5 Å². The molecule has 3 nitrogen and oxygen atoms in total. The van der Waals surface area contributed by atoms with Crippen LogP contribution < -0.4 is 16.0 Å². The molecular formula is C15H15BrClFN2O. The van der Waals surface area contributed by atoms with Gasteiger partial charge in [0.1, 0.15) is 11.6 Å². The third kappa shape index (κ3) is 3.95. The molecule has 0 saturated heterocycles. The molecule has 0 spiro atoms. The summed E-state index contributed by atoms with van der Waals surface area (Å²) in [6, 6.07) is 9.77. The van der Waals surface area contributed by atoms with Crippen molar-refractivity contribution in [2.75, 3.05) is 7.11 Å². The maximum Gasteiger partial charge on any atom is 0.126 e. The van der Waals surface area contributed by atoms with E-state index in [4.69, 9.17) is 22.2 Å². The highest BCUT2D eigenvalue weighted by molar-refractivity contribution is 9.10. The Morgan fingerprint density at radius 2 is 2.10 bits per heavy atom. The zero-order valence-corrected chi connectivity index (χ0v) is 13.7. The van der Waals surface area contributed by atoms with Crippen LogP contribution in [0, 0.1) is 5.82 Å². The smallest absolute Gasteiger partial charge is 0.126 e. The molecule has 2 aromatic carbocycles. The molecule has 112 valence electrons. The number of hydrogen-bond donors (Lipinski definition) is 2. The van der Waals surface area contributed by atoms with E-state index in [1.807, 2.05) is 18.2 Å². The molecule has 1 atom stereocenters. The van der Waals surface area contributed by atoms with Crippen LogP contribution in [0.1, 0.15) is 17.2 Å². The van der Waals surface area contributed by atoms with Gasteiger partial charge in [-0.25, -0.2) is 4.39 Å². The van der Waals surface area contributed by atoms with Gasteiger partial charge in [-0.2, -0.15) is 0 Å². The molecule has 6 heteroatoms. The summed E-state index contributed by atoms with van der Waals surface area (Å²) in [5, 5.41) is 0.492. The number of benzene rings is 2. The molecule has 0 bridgehead atoms. The highest BCUT2D eigenvalue weighted by atomic mass is 79.9. The van der Waals surface area contributed by atoms with Crippen LogP contribution in [0.3, 0.4) is 0 Å². The van der Waals surface area contributed by atoms with Gasteiger partial charge in [0.25, 0.3) is 0 Å². The van der Waals surface area contributed by atoms with Gasteiger partial charge in [-0.3, -0.25) is 11.3 Å². The van der Waals surface area contributed by atoms with E-state index in [9.17, 15) is 4.39 Å². The van der Waals surface area contributed by atoms with E-state index in [2.05, 4.69) is 21.4 Å². The number of nitrogens with one attached hydrogen (secondary N) is 1. The van der Waals surface area contributed by atoms with E-state index in [-0.39, 0.29) is 11.9 Å². The summed E-state index contributed by atoms with van der Waals surface area (Å²) in [5.41, 5.74) is 4.10. The van der Waals surface area contributed by atoms with Crippen molar-refractivity contribution in [1.82, 2.24) is 5.43 Å². The van der Waals surface area contributed by atoms with Crippen LogP contribution in [0.15, 0.2) is 40.9 Å². The van der Waals surface area contributed by atoms with Crippen LogP contribution in [-0.4, -0.2) is 7.11 Å². The molecule has 3 N–H and O–H groups in total. The highest BCUT2D eigenvalue weighted by Gasteiger charge is 2.17. The number of hydrazine groups is 1. The lowest BCUT2D eigenvalue weighted by Crippen LogP contribution is -2.30. The normalized spacial score (nSPS) is 12.2. The van der Waals surface area contributed by atoms with Gasteiger partial charge in [0.15, 0.2) is 0 Å². The van der Waals surface area contributed by atoms with Crippen molar-refractivity contribution >= 4 is 27.5 Å². The predicted molar refractivity (Wildman–Crippen MR) is 85.9 cm³/mol. The predicted octanol–water partition coefficient (Wildman–Crippen LogP) is 4.00. The van der Waals surface area contributed by atoms with Crippen molar-refractivity contribution in [3.8, 4) is 5.75 Å². The molecule has 0 aromatic heterocycles. The fourth-order valence-electron chi connectivity index (χ4n) is 2.09. The summed E-state index contributed by atoms with van der Waals surface area (Å²) >= 11 is 9.40. The Balaban J connectivity index is 2.34. The van der Waals surface area contributed by atoms with E-state index in [1.54, 1.807) is 13.2 Å². The number of halogens is 3. The van der Waals surface area contributed by atoms with Gasteiger partial charge in [0, 0.05) is 9.50 Å². The Bertz CT molecular complexity index is 639. The molecular weight excluding hydrogens is 359 g/mol. The van der Waals surface area contributed by atoms with Gasteiger partial charge in [0.05, 0.1) is 13.2 Å². The fraction of sp³-hybridized carbons (Fsp3) is 0.200. The molecule has 0 aliphatic rings. The fourth-order valence-corrected chi connectivity index (χ4v) is 2.81. The summed E-state index contributed by atoms with van der Waals surface area (Å²) in [6.07, 6.45) is 0.370. The molecule has 21 heavy (non-hydrogen) atoms. The minimum atomic E-state index is -0.307. The first-order valence-corrected chi connectivity index (χ1v) is 7.45. The average Bonchev–Trinajstić information content (AvgIpc) is 2.49. The van der Waals surface area contributed by atoms with E-state index >= 15 is 0 Å². The first-order chi connectivity index (χ1) is 10.0. The Kier molecular flexibility index (Phi) is 5.58. The standard InChI is InChI=1S/C15H15BrClFN2O/c1-21-11-3-4-13(16)12(8-11)15(20-19)7-9-6-10(17)2-5-14(9)18/h2-6,8,15,20H,7,19H2,1H3. The van der Waals surface area contributed by atoms with Gasteiger partial charge in [0.2, 0.25) is 0 Å². The van der Waals surface area contributed by atoms with Gasteiger partial charge in [-0.05, 0) is 53.9 Å². The highest BCUT2D eigenvalue weighted by Crippen LogP contribution is 2.30. The maximum absolute atomic E-state index is 13.9. The Hall–Kier alpha value is -1.14. The molecule has 0 heterocycles. The second kappa shape index (κ2) is 7.22. The largest absolute Gasteiger partial charge is 0.497 e. The summed E-state index contributed by atoms with van der Waals surface area (Å²) in [4.78, 5) is 0. The van der Waals surface area contributed by atoms with Crippen LogP contribution in [0.5, 0.6) is 5.75 Å². The lowest BCUT2D eigenvalue weighted by Gasteiger charge is -2.19. The van der Waals surface area contributed by atoms with E-state index < -0.39 is 0 Å². The lowest BCUT2D eigenvalue weighted by molar-refractivity contribution is 0.412. The number of nitrogens with two attached hydrogens (primary N) is 1. The Morgan fingerprint density at radius 3 is 2.76 bits per heavy atom. The monoisotopic (exact) mass is 372 g/mol.